The van der Waals surface area contributed by atoms with Crippen LogP contribution in [0.1, 0.15) is 30.1 Å². The highest BCUT2D eigenvalue weighted by atomic mass is 32.2. The van der Waals surface area contributed by atoms with Crippen molar-refractivity contribution in [2.45, 2.75) is 31.5 Å². The third kappa shape index (κ3) is 4.22. The molecular weight excluding hydrogens is 414 g/mol. The van der Waals surface area contributed by atoms with Crippen molar-refractivity contribution >= 4 is 40.3 Å². The number of amides is 2. The Balaban J connectivity index is 1.61. The predicted molar refractivity (Wildman–Crippen MR) is 119 cm³/mol. The summed E-state index contributed by atoms with van der Waals surface area (Å²) >= 11 is 1.16. The number of hydrogen-bond acceptors (Lipinski definition) is 6. The van der Waals surface area contributed by atoms with E-state index in [-0.39, 0.29) is 11.3 Å². The normalized spacial score (nSPS) is 11.1. The van der Waals surface area contributed by atoms with Gasteiger partial charge < -0.3 is 0 Å². The number of hydrogen-bond donors (Lipinski definition) is 1. The molecule has 0 saturated heterocycles. The molecule has 0 radical (unpaired) electrons. The van der Waals surface area contributed by atoms with Crippen molar-refractivity contribution in [2.75, 3.05) is 5.75 Å². The zero-order chi connectivity index (χ0) is 21.8. The molecular formula is C22H21N5O3S. The van der Waals surface area contributed by atoms with Gasteiger partial charge >= 0.3 is 0 Å². The number of benzene rings is 2. The molecule has 0 aliphatic carbocycles. The van der Waals surface area contributed by atoms with E-state index >= 15 is 0 Å². The van der Waals surface area contributed by atoms with E-state index in [2.05, 4.69) is 22.4 Å². The van der Waals surface area contributed by atoms with E-state index < -0.39 is 11.8 Å². The summed E-state index contributed by atoms with van der Waals surface area (Å²) in [6.07, 6.45) is 1.78. The molecule has 0 atom stereocenters. The van der Waals surface area contributed by atoms with Crippen LogP contribution in [0.5, 0.6) is 0 Å². The summed E-state index contributed by atoms with van der Waals surface area (Å²) < 4.78 is 3.42. The molecule has 0 fully saturated rings. The Kier molecular flexibility index (Phi) is 6.13. The number of para-hydroxylation sites is 1. The van der Waals surface area contributed by atoms with Crippen LogP contribution in [-0.2, 0) is 11.3 Å². The molecule has 0 bridgehead atoms. The van der Waals surface area contributed by atoms with Gasteiger partial charge in [0.05, 0.1) is 16.7 Å². The number of rotatable bonds is 7. The lowest BCUT2D eigenvalue weighted by Crippen LogP contribution is -2.31. The van der Waals surface area contributed by atoms with Crippen molar-refractivity contribution < 1.29 is 9.59 Å². The van der Waals surface area contributed by atoms with Gasteiger partial charge in [-0.05, 0) is 30.7 Å². The van der Waals surface area contributed by atoms with E-state index in [0.717, 1.165) is 24.6 Å². The number of imide groups is 1. The van der Waals surface area contributed by atoms with Crippen LogP contribution in [0.3, 0.4) is 0 Å². The quantitative estimate of drug-likeness (QED) is 0.448. The number of carbonyl (C=O) groups is 2. The Bertz CT molecular complexity index is 1310. The predicted octanol–water partition coefficient (Wildman–Crippen LogP) is 2.89. The molecule has 2 amide bonds. The van der Waals surface area contributed by atoms with Crippen LogP contribution in [0.4, 0.5) is 0 Å². The van der Waals surface area contributed by atoms with Gasteiger partial charge in [0, 0.05) is 12.1 Å². The van der Waals surface area contributed by atoms with E-state index in [9.17, 15) is 14.4 Å². The van der Waals surface area contributed by atoms with Gasteiger partial charge in [0.2, 0.25) is 11.7 Å². The molecule has 1 N–H and O–H groups in total. The third-order valence-corrected chi connectivity index (χ3v) is 5.76. The highest BCUT2D eigenvalue weighted by Gasteiger charge is 2.18. The molecule has 4 aromatic rings. The maximum Gasteiger partial charge on any atom is 0.262 e. The summed E-state index contributed by atoms with van der Waals surface area (Å²) in [6.45, 7) is 2.60. The number of unbranched alkanes of at least 4 members (excludes halogenated alkanes) is 1. The van der Waals surface area contributed by atoms with Crippen molar-refractivity contribution in [1.29, 1.82) is 0 Å². The molecule has 2 aromatic heterocycles. The van der Waals surface area contributed by atoms with Crippen LogP contribution in [0.2, 0.25) is 0 Å². The SMILES string of the molecule is CCCCn1c(=O)c2ccccc2n2c(SCC(=O)NC(=O)c3ccccc3)nnc12. The molecule has 0 aliphatic rings. The second-order valence-electron chi connectivity index (χ2n) is 6.98. The molecule has 0 aliphatic heterocycles. The van der Waals surface area contributed by atoms with Crippen LogP contribution in [-0.4, -0.2) is 36.7 Å². The Morgan fingerprint density at radius 2 is 1.77 bits per heavy atom. The molecule has 0 saturated carbocycles. The van der Waals surface area contributed by atoms with Crippen LogP contribution < -0.4 is 10.9 Å². The first-order chi connectivity index (χ1) is 15.1. The fraction of sp³-hybridized carbons (Fsp3) is 0.227. The number of carbonyl (C=O) groups excluding carboxylic acids is 2. The number of nitrogens with one attached hydrogen (secondary N) is 1. The van der Waals surface area contributed by atoms with Crippen molar-refractivity contribution in [3.63, 3.8) is 0 Å². The largest absolute Gasteiger partial charge is 0.292 e. The highest BCUT2D eigenvalue weighted by Crippen LogP contribution is 2.21. The lowest BCUT2D eigenvalue weighted by Gasteiger charge is -2.10. The first kappa shape index (κ1) is 20.8. The minimum absolute atomic E-state index is 0.0121. The van der Waals surface area contributed by atoms with Crippen molar-refractivity contribution in [3.8, 4) is 0 Å². The van der Waals surface area contributed by atoms with Crippen molar-refractivity contribution in [2.24, 2.45) is 0 Å². The van der Waals surface area contributed by atoms with Crippen molar-refractivity contribution in [3.05, 3.63) is 70.5 Å². The summed E-state index contributed by atoms with van der Waals surface area (Å²) in [5.74, 6) is -0.447. The fourth-order valence-corrected chi connectivity index (χ4v) is 4.04. The first-order valence-corrected chi connectivity index (χ1v) is 11.0. The molecule has 0 spiro atoms. The second kappa shape index (κ2) is 9.13. The number of fused-ring (bicyclic) bond motifs is 3. The minimum Gasteiger partial charge on any atom is -0.292 e. The van der Waals surface area contributed by atoms with Gasteiger partial charge in [-0.3, -0.25) is 28.7 Å². The number of nitrogens with zero attached hydrogens (tertiary/aromatic N) is 4. The standard InChI is InChI=1S/C22H21N5O3S/c1-2-3-13-26-20(30)16-11-7-8-12-17(16)27-21(26)24-25-22(27)31-14-18(28)23-19(29)15-9-5-4-6-10-15/h4-12H,2-3,13-14H2,1H3,(H,23,28,29). The van der Waals surface area contributed by atoms with Crippen molar-refractivity contribution in [1.82, 2.24) is 24.5 Å². The van der Waals surface area contributed by atoms with E-state index in [1.807, 2.05) is 18.2 Å². The van der Waals surface area contributed by atoms with Gasteiger partial charge in [-0.25, -0.2) is 0 Å². The summed E-state index contributed by atoms with van der Waals surface area (Å²) in [5, 5.41) is 11.9. The summed E-state index contributed by atoms with van der Waals surface area (Å²) in [6, 6.07) is 15.8. The fourth-order valence-electron chi connectivity index (χ4n) is 3.30. The van der Waals surface area contributed by atoms with E-state index in [0.29, 0.717) is 33.9 Å². The number of aromatic nitrogens is 4. The zero-order valence-electron chi connectivity index (χ0n) is 16.9. The van der Waals surface area contributed by atoms with Gasteiger partial charge in [-0.2, -0.15) is 0 Å². The van der Waals surface area contributed by atoms with Gasteiger partial charge in [-0.1, -0.05) is 55.4 Å². The average molecular weight is 436 g/mol. The van der Waals surface area contributed by atoms with Gasteiger partial charge in [0.1, 0.15) is 0 Å². The molecule has 2 aromatic carbocycles. The maximum atomic E-state index is 13.0. The van der Waals surface area contributed by atoms with Crippen LogP contribution >= 0.6 is 11.8 Å². The maximum absolute atomic E-state index is 13.0. The molecule has 158 valence electrons. The van der Waals surface area contributed by atoms with Crippen LogP contribution in [0.25, 0.3) is 16.7 Å². The smallest absolute Gasteiger partial charge is 0.262 e. The summed E-state index contributed by atoms with van der Waals surface area (Å²) in [5.41, 5.74) is 0.995. The zero-order valence-corrected chi connectivity index (χ0v) is 17.8. The third-order valence-electron chi connectivity index (χ3n) is 4.83. The van der Waals surface area contributed by atoms with Crippen LogP contribution in [0, 0.1) is 0 Å². The number of aryl methyl sites for hydroxylation is 1. The Morgan fingerprint density at radius 1 is 1.03 bits per heavy atom. The monoisotopic (exact) mass is 435 g/mol. The average Bonchev–Trinajstić information content (AvgIpc) is 3.22. The first-order valence-electron chi connectivity index (χ1n) is 9.99. The molecule has 0 unspecified atom stereocenters. The van der Waals surface area contributed by atoms with E-state index in [1.165, 1.54) is 0 Å². The van der Waals surface area contributed by atoms with E-state index in [4.69, 9.17) is 0 Å². The molecule has 9 heteroatoms. The van der Waals surface area contributed by atoms with E-state index in [1.54, 1.807) is 45.4 Å². The molecule has 31 heavy (non-hydrogen) atoms. The summed E-state index contributed by atoms with van der Waals surface area (Å²) in [7, 11) is 0. The minimum atomic E-state index is -0.448. The number of thioether (sulfide) groups is 1. The second-order valence-corrected chi connectivity index (χ2v) is 7.92. The van der Waals surface area contributed by atoms with Gasteiger partial charge in [0.25, 0.3) is 11.5 Å². The highest BCUT2D eigenvalue weighted by molar-refractivity contribution is 7.99. The Labute approximate surface area is 182 Å². The molecule has 8 nitrogen and oxygen atoms in total. The van der Waals surface area contributed by atoms with Gasteiger partial charge in [0.15, 0.2) is 5.16 Å². The molecule has 2 heterocycles. The lowest BCUT2D eigenvalue weighted by molar-refractivity contribution is -0.117. The van der Waals surface area contributed by atoms with Gasteiger partial charge in [-0.15, -0.1) is 10.2 Å². The molecule has 4 rings (SSSR count). The topological polar surface area (TPSA) is 98.4 Å². The Morgan fingerprint density at radius 3 is 2.55 bits per heavy atom. The Hall–Kier alpha value is -3.46. The van der Waals surface area contributed by atoms with Crippen LogP contribution in [0.15, 0.2) is 64.5 Å². The summed E-state index contributed by atoms with van der Waals surface area (Å²) in [4.78, 5) is 37.4. The lowest BCUT2D eigenvalue weighted by atomic mass is 10.2.